The topological polar surface area (TPSA) is 69.7 Å². The first-order valence-electron chi connectivity index (χ1n) is 8.60. The van der Waals surface area contributed by atoms with Gasteiger partial charge in [-0.1, -0.05) is 12.1 Å². The molecule has 25 heavy (non-hydrogen) atoms. The number of carbonyl (C=O) groups is 1. The fraction of sp³-hybridized carbons (Fsp3) is 0.588. The molecule has 3 rings (SSSR count). The van der Waals surface area contributed by atoms with Crippen molar-refractivity contribution in [3.8, 4) is 0 Å². The number of amides is 1. The van der Waals surface area contributed by atoms with Crippen molar-refractivity contribution in [3.05, 3.63) is 30.1 Å². The zero-order valence-electron chi connectivity index (χ0n) is 14.3. The average Bonchev–Trinajstić information content (AvgIpc) is 2.93. The lowest BCUT2D eigenvalue weighted by Crippen LogP contribution is -2.55. The standard InChI is InChI=1S/C17H24FN3O3S/c1-13(17(22)19-14-6-11-25(23,24)12-14)20-7-9-21(10-8-20)16-5-3-2-4-15(16)18/h2-5,13-14H,6-12H2,1H3,(H,19,22)/t13-,14-/m1/s1. The summed E-state index contributed by atoms with van der Waals surface area (Å²) in [5.74, 6) is -0.189. The number of carbonyl (C=O) groups excluding carboxylic acids is 1. The zero-order valence-corrected chi connectivity index (χ0v) is 15.1. The van der Waals surface area contributed by atoms with Gasteiger partial charge in [-0.3, -0.25) is 9.69 Å². The molecular weight excluding hydrogens is 345 g/mol. The summed E-state index contributed by atoms with van der Waals surface area (Å²) in [5.41, 5.74) is 0.593. The number of piperazine rings is 1. The molecule has 1 aromatic rings. The Balaban J connectivity index is 1.52. The van der Waals surface area contributed by atoms with Crippen molar-refractivity contribution in [2.24, 2.45) is 0 Å². The van der Waals surface area contributed by atoms with Gasteiger partial charge in [0.25, 0.3) is 0 Å². The van der Waals surface area contributed by atoms with Gasteiger partial charge in [0.1, 0.15) is 5.82 Å². The molecule has 1 amide bonds. The molecule has 138 valence electrons. The normalized spacial score (nSPS) is 24.9. The van der Waals surface area contributed by atoms with Gasteiger partial charge in [-0.05, 0) is 25.5 Å². The number of sulfone groups is 1. The summed E-state index contributed by atoms with van der Waals surface area (Å²) in [5, 5.41) is 2.85. The van der Waals surface area contributed by atoms with Crippen LogP contribution < -0.4 is 10.2 Å². The summed E-state index contributed by atoms with van der Waals surface area (Å²) in [7, 11) is -3.00. The van der Waals surface area contributed by atoms with E-state index in [4.69, 9.17) is 0 Å². The number of nitrogens with zero attached hydrogens (tertiary/aromatic N) is 2. The lowest BCUT2D eigenvalue weighted by molar-refractivity contribution is -0.126. The van der Waals surface area contributed by atoms with Crippen LogP contribution in [-0.4, -0.2) is 69.0 Å². The van der Waals surface area contributed by atoms with E-state index < -0.39 is 9.84 Å². The van der Waals surface area contributed by atoms with Crippen LogP contribution in [0.3, 0.4) is 0 Å². The molecule has 2 saturated heterocycles. The number of hydrogen-bond donors (Lipinski definition) is 1. The van der Waals surface area contributed by atoms with E-state index in [0.717, 1.165) is 0 Å². The summed E-state index contributed by atoms with van der Waals surface area (Å²) in [6.07, 6.45) is 0.488. The fourth-order valence-electron chi connectivity index (χ4n) is 3.45. The SMILES string of the molecule is C[C@H](C(=O)N[C@@H]1CCS(=O)(=O)C1)N1CCN(c2ccccc2F)CC1. The van der Waals surface area contributed by atoms with Crippen LogP contribution in [0.1, 0.15) is 13.3 Å². The minimum atomic E-state index is -3.00. The molecule has 0 aliphatic carbocycles. The molecule has 1 aromatic carbocycles. The van der Waals surface area contributed by atoms with Gasteiger partial charge in [-0.15, -0.1) is 0 Å². The third-order valence-electron chi connectivity index (χ3n) is 5.01. The van der Waals surface area contributed by atoms with Gasteiger partial charge in [0.05, 0.1) is 23.2 Å². The van der Waals surface area contributed by atoms with Gasteiger partial charge in [0, 0.05) is 32.2 Å². The highest BCUT2D eigenvalue weighted by Crippen LogP contribution is 2.21. The van der Waals surface area contributed by atoms with E-state index >= 15 is 0 Å². The monoisotopic (exact) mass is 369 g/mol. The molecule has 0 aromatic heterocycles. The second-order valence-electron chi connectivity index (χ2n) is 6.76. The van der Waals surface area contributed by atoms with Crippen LogP contribution in [0.5, 0.6) is 0 Å². The molecule has 1 N–H and O–H groups in total. The first-order chi connectivity index (χ1) is 11.9. The predicted octanol–water partition coefficient (Wildman–Crippen LogP) is 0.639. The van der Waals surface area contributed by atoms with Crippen molar-refractivity contribution >= 4 is 21.4 Å². The Kier molecular flexibility index (Phi) is 5.29. The second-order valence-corrected chi connectivity index (χ2v) is 8.99. The van der Waals surface area contributed by atoms with Crippen LogP contribution in [0.15, 0.2) is 24.3 Å². The summed E-state index contributed by atoms with van der Waals surface area (Å²) in [6, 6.07) is 6.10. The Morgan fingerprint density at radius 1 is 1.24 bits per heavy atom. The number of nitrogens with one attached hydrogen (secondary N) is 1. The molecule has 0 radical (unpaired) electrons. The average molecular weight is 369 g/mol. The molecule has 0 saturated carbocycles. The van der Waals surface area contributed by atoms with Crippen LogP contribution in [0.25, 0.3) is 0 Å². The van der Waals surface area contributed by atoms with Crippen molar-refractivity contribution < 1.29 is 17.6 Å². The summed E-state index contributed by atoms with van der Waals surface area (Å²) >= 11 is 0. The van der Waals surface area contributed by atoms with Gasteiger partial charge in [-0.2, -0.15) is 0 Å². The summed E-state index contributed by atoms with van der Waals surface area (Å²) < 4.78 is 36.9. The maximum Gasteiger partial charge on any atom is 0.237 e. The van der Waals surface area contributed by atoms with E-state index in [1.165, 1.54) is 6.07 Å². The maximum absolute atomic E-state index is 13.9. The van der Waals surface area contributed by atoms with Crippen molar-refractivity contribution in [1.29, 1.82) is 0 Å². The molecule has 2 heterocycles. The zero-order chi connectivity index (χ0) is 18.0. The number of halogens is 1. The van der Waals surface area contributed by atoms with Crippen LogP contribution in [0, 0.1) is 5.82 Å². The molecule has 2 aliphatic rings. The molecule has 2 aliphatic heterocycles. The molecule has 2 atom stereocenters. The van der Waals surface area contributed by atoms with Crippen molar-refractivity contribution in [2.45, 2.75) is 25.4 Å². The first kappa shape index (κ1) is 18.1. The minimum Gasteiger partial charge on any atom is -0.367 e. The van der Waals surface area contributed by atoms with Crippen LogP contribution in [-0.2, 0) is 14.6 Å². The van der Waals surface area contributed by atoms with Crippen LogP contribution in [0.4, 0.5) is 10.1 Å². The first-order valence-corrected chi connectivity index (χ1v) is 10.4. The third kappa shape index (κ3) is 4.30. The Hall–Kier alpha value is -1.67. The Morgan fingerprint density at radius 3 is 2.52 bits per heavy atom. The Morgan fingerprint density at radius 2 is 1.92 bits per heavy atom. The lowest BCUT2D eigenvalue weighted by atomic mass is 10.1. The number of hydrogen-bond acceptors (Lipinski definition) is 5. The highest BCUT2D eigenvalue weighted by molar-refractivity contribution is 7.91. The molecule has 6 nitrogen and oxygen atoms in total. The quantitative estimate of drug-likeness (QED) is 0.844. The van der Waals surface area contributed by atoms with Gasteiger partial charge < -0.3 is 10.2 Å². The van der Waals surface area contributed by atoms with Gasteiger partial charge in [-0.25, -0.2) is 12.8 Å². The molecule has 8 heteroatoms. The van der Waals surface area contributed by atoms with E-state index in [-0.39, 0.29) is 35.3 Å². The minimum absolute atomic E-state index is 0.0342. The van der Waals surface area contributed by atoms with E-state index in [2.05, 4.69) is 10.2 Å². The molecule has 2 fully saturated rings. The van der Waals surface area contributed by atoms with Crippen LogP contribution in [0.2, 0.25) is 0 Å². The lowest BCUT2D eigenvalue weighted by Gasteiger charge is -2.38. The van der Waals surface area contributed by atoms with E-state index in [1.807, 2.05) is 17.9 Å². The number of para-hydroxylation sites is 1. The molecule has 0 bridgehead atoms. The third-order valence-corrected chi connectivity index (χ3v) is 6.78. The second kappa shape index (κ2) is 7.29. The largest absolute Gasteiger partial charge is 0.367 e. The van der Waals surface area contributed by atoms with Crippen molar-refractivity contribution in [1.82, 2.24) is 10.2 Å². The number of anilines is 1. The summed E-state index contributed by atoms with van der Waals surface area (Å²) in [4.78, 5) is 16.4. The van der Waals surface area contributed by atoms with Crippen molar-refractivity contribution in [2.75, 3.05) is 42.6 Å². The Bertz CT molecular complexity index is 732. The number of benzene rings is 1. The summed E-state index contributed by atoms with van der Waals surface area (Å²) in [6.45, 7) is 4.45. The van der Waals surface area contributed by atoms with Gasteiger partial charge in [0.15, 0.2) is 9.84 Å². The number of rotatable bonds is 4. The maximum atomic E-state index is 13.9. The molecule has 0 unspecified atom stereocenters. The highest BCUT2D eigenvalue weighted by Gasteiger charge is 2.32. The van der Waals surface area contributed by atoms with E-state index in [1.54, 1.807) is 12.1 Å². The van der Waals surface area contributed by atoms with E-state index in [9.17, 15) is 17.6 Å². The molecular formula is C17H24FN3O3S. The highest BCUT2D eigenvalue weighted by atomic mass is 32.2. The van der Waals surface area contributed by atoms with Crippen LogP contribution >= 0.6 is 0 Å². The van der Waals surface area contributed by atoms with Crippen molar-refractivity contribution in [3.63, 3.8) is 0 Å². The fourth-order valence-corrected chi connectivity index (χ4v) is 5.13. The van der Waals surface area contributed by atoms with E-state index in [0.29, 0.717) is 38.3 Å². The van der Waals surface area contributed by atoms with Gasteiger partial charge in [0.2, 0.25) is 5.91 Å². The smallest absolute Gasteiger partial charge is 0.237 e. The van der Waals surface area contributed by atoms with Gasteiger partial charge >= 0.3 is 0 Å². The Labute approximate surface area is 147 Å². The predicted molar refractivity (Wildman–Crippen MR) is 94.8 cm³/mol. The molecule has 0 spiro atoms.